The average molecular weight is 239 g/mol. The number of benzene rings is 1. The Labute approximate surface area is 98.7 Å². The first-order chi connectivity index (χ1) is 7.63. The van der Waals surface area contributed by atoms with E-state index in [9.17, 15) is 9.00 Å². The predicted octanol–water partition coefficient (Wildman–Crippen LogP) is 2.07. The highest BCUT2D eigenvalue weighted by Gasteiger charge is 2.01. The van der Waals surface area contributed by atoms with E-state index >= 15 is 0 Å². The maximum absolute atomic E-state index is 11.4. The molecule has 0 saturated heterocycles. The highest BCUT2D eigenvalue weighted by molar-refractivity contribution is 7.84. The summed E-state index contributed by atoms with van der Waals surface area (Å²) < 4.78 is 10.8. The van der Waals surface area contributed by atoms with E-state index in [0.29, 0.717) is 18.7 Å². The van der Waals surface area contributed by atoms with Crippen LogP contribution in [0.25, 0.3) is 0 Å². The Kier molecular flexibility index (Phi) is 5.19. The topological polar surface area (TPSA) is 46.2 Å². The van der Waals surface area contributed by atoms with Gasteiger partial charge >= 0.3 is 0 Å². The average Bonchev–Trinajstić information content (AvgIpc) is 2.28. The molecular formula is C12H17NO2S. The Bertz CT molecular complexity index is 373. The molecule has 16 heavy (non-hydrogen) atoms. The molecule has 3 nitrogen and oxygen atoms in total. The van der Waals surface area contributed by atoms with Crippen molar-refractivity contribution in [2.24, 2.45) is 0 Å². The Hall–Kier alpha value is -1.16. The normalized spacial score (nSPS) is 12.1. The Balaban J connectivity index is 2.51. The minimum Gasteiger partial charge on any atom is -0.384 e. The molecule has 0 saturated carbocycles. The first kappa shape index (κ1) is 12.9. The lowest BCUT2D eigenvalue weighted by Crippen LogP contribution is -2.09. The molecule has 4 heteroatoms. The number of carbonyl (C=O) groups excluding carboxylic acids is 1. The molecule has 0 heterocycles. The van der Waals surface area contributed by atoms with Gasteiger partial charge in [-0.1, -0.05) is 6.92 Å². The summed E-state index contributed by atoms with van der Waals surface area (Å²) in [4.78, 5) is 11.4. The summed E-state index contributed by atoms with van der Waals surface area (Å²) in [5.74, 6) is 0.788. The van der Waals surface area contributed by atoms with Gasteiger partial charge in [0.1, 0.15) is 0 Å². The molecule has 0 bridgehead atoms. The van der Waals surface area contributed by atoms with E-state index in [2.05, 4.69) is 5.32 Å². The molecule has 0 aliphatic rings. The van der Waals surface area contributed by atoms with Crippen molar-refractivity contribution in [3.63, 3.8) is 0 Å². The van der Waals surface area contributed by atoms with Crippen molar-refractivity contribution >= 4 is 22.3 Å². The molecule has 0 fully saturated rings. The van der Waals surface area contributed by atoms with Crippen LogP contribution in [0.4, 0.5) is 5.69 Å². The van der Waals surface area contributed by atoms with Crippen molar-refractivity contribution in [3.8, 4) is 0 Å². The molecule has 1 aromatic carbocycles. The van der Waals surface area contributed by atoms with Crippen LogP contribution in [0.3, 0.4) is 0 Å². The van der Waals surface area contributed by atoms with Gasteiger partial charge in [-0.15, -0.1) is 0 Å². The number of carbonyl (C=O) groups is 1. The molecule has 1 rings (SSSR count). The number of hydrogen-bond donors (Lipinski definition) is 1. The number of hydrogen-bond acceptors (Lipinski definition) is 3. The van der Waals surface area contributed by atoms with Crippen LogP contribution in [0.2, 0.25) is 0 Å². The van der Waals surface area contributed by atoms with Crippen molar-refractivity contribution < 1.29 is 9.00 Å². The third-order valence-electron chi connectivity index (χ3n) is 2.25. The lowest BCUT2D eigenvalue weighted by Gasteiger charge is -2.05. The van der Waals surface area contributed by atoms with Crippen molar-refractivity contribution in [2.45, 2.75) is 13.3 Å². The summed E-state index contributed by atoms with van der Waals surface area (Å²) in [5.41, 5.74) is 1.70. The highest BCUT2D eigenvalue weighted by Crippen LogP contribution is 2.10. The molecule has 0 aliphatic heterocycles. The molecule has 88 valence electrons. The molecule has 0 spiro atoms. The number of rotatable bonds is 6. The monoisotopic (exact) mass is 239 g/mol. The molecule has 1 N–H and O–H groups in total. The molecule has 0 radical (unpaired) electrons. The van der Waals surface area contributed by atoms with Crippen molar-refractivity contribution in [1.82, 2.24) is 0 Å². The van der Waals surface area contributed by atoms with Crippen molar-refractivity contribution in [1.29, 1.82) is 0 Å². The molecular weight excluding hydrogens is 222 g/mol. The lowest BCUT2D eigenvalue weighted by molar-refractivity contribution is 0.0988. The maximum atomic E-state index is 11.4. The number of Topliss-reactive ketones (excluding diaryl/α,β-unsaturated/α-hetero) is 1. The fourth-order valence-electron chi connectivity index (χ4n) is 1.32. The van der Waals surface area contributed by atoms with Gasteiger partial charge in [-0.25, -0.2) is 0 Å². The van der Waals surface area contributed by atoms with Gasteiger partial charge in [0, 0.05) is 47.0 Å². The summed E-state index contributed by atoms with van der Waals surface area (Å²) >= 11 is 0. The molecule has 0 aromatic heterocycles. The van der Waals surface area contributed by atoms with Gasteiger partial charge in [-0.2, -0.15) is 0 Å². The van der Waals surface area contributed by atoms with Crippen LogP contribution in [0.5, 0.6) is 0 Å². The minimum atomic E-state index is -0.769. The molecule has 1 aromatic rings. The zero-order valence-electron chi connectivity index (χ0n) is 9.66. The zero-order chi connectivity index (χ0) is 12.0. The number of ketones is 1. The summed E-state index contributed by atoms with van der Waals surface area (Å²) in [6, 6.07) is 7.39. The summed E-state index contributed by atoms with van der Waals surface area (Å²) in [7, 11) is -0.769. The maximum Gasteiger partial charge on any atom is 0.162 e. The summed E-state index contributed by atoms with van der Waals surface area (Å²) in [6.45, 7) is 2.54. The first-order valence-corrected chi connectivity index (χ1v) is 7.03. The second-order valence-corrected chi connectivity index (χ2v) is 5.11. The summed E-state index contributed by atoms with van der Waals surface area (Å²) in [6.07, 6.45) is 2.21. The van der Waals surface area contributed by atoms with Crippen LogP contribution in [-0.4, -0.2) is 28.5 Å². The van der Waals surface area contributed by atoms with E-state index in [0.717, 1.165) is 11.3 Å². The van der Waals surface area contributed by atoms with E-state index in [1.165, 1.54) is 0 Å². The van der Waals surface area contributed by atoms with E-state index in [1.807, 2.05) is 31.2 Å². The quantitative estimate of drug-likeness (QED) is 0.773. The second-order valence-electron chi connectivity index (χ2n) is 3.56. The van der Waals surface area contributed by atoms with E-state index in [4.69, 9.17) is 0 Å². The van der Waals surface area contributed by atoms with Crippen LogP contribution >= 0.6 is 0 Å². The zero-order valence-corrected chi connectivity index (χ0v) is 10.5. The standard InChI is InChI=1S/C12H17NO2S/c1-3-12(14)10-4-6-11(7-5-10)13-8-9-16(2)15/h4-7,13H,3,8-9H2,1-2H3. The Morgan fingerprint density at radius 1 is 1.31 bits per heavy atom. The van der Waals surface area contributed by atoms with Gasteiger partial charge < -0.3 is 5.32 Å². The smallest absolute Gasteiger partial charge is 0.162 e. The summed E-state index contributed by atoms with van der Waals surface area (Å²) in [5, 5.41) is 3.16. The van der Waals surface area contributed by atoms with Gasteiger partial charge in [0.2, 0.25) is 0 Å². The van der Waals surface area contributed by atoms with E-state index < -0.39 is 10.8 Å². The van der Waals surface area contributed by atoms with Gasteiger partial charge in [0.25, 0.3) is 0 Å². The van der Waals surface area contributed by atoms with Crippen LogP contribution in [0.15, 0.2) is 24.3 Å². The van der Waals surface area contributed by atoms with Gasteiger partial charge in [0.15, 0.2) is 5.78 Å². The van der Waals surface area contributed by atoms with E-state index in [1.54, 1.807) is 6.26 Å². The third kappa shape index (κ3) is 4.14. The first-order valence-electron chi connectivity index (χ1n) is 5.30. The number of anilines is 1. The van der Waals surface area contributed by atoms with Crippen LogP contribution in [0.1, 0.15) is 23.7 Å². The SMILES string of the molecule is CCC(=O)c1ccc(NCCS(C)=O)cc1. The van der Waals surface area contributed by atoms with Crippen LogP contribution in [0, 0.1) is 0 Å². The molecule has 0 amide bonds. The second kappa shape index (κ2) is 6.43. The van der Waals surface area contributed by atoms with Gasteiger partial charge in [-0.05, 0) is 24.3 Å². The Morgan fingerprint density at radius 3 is 2.44 bits per heavy atom. The van der Waals surface area contributed by atoms with Crippen molar-refractivity contribution in [3.05, 3.63) is 29.8 Å². The minimum absolute atomic E-state index is 0.154. The van der Waals surface area contributed by atoms with Gasteiger partial charge in [-0.3, -0.25) is 9.00 Å². The Morgan fingerprint density at radius 2 is 1.94 bits per heavy atom. The molecule has 1 unspecified atom stereocenters. The van der Waals surface area contributed by atoms with Crippen LogP contribution in [-0.2, 0) is 10.8 Å². The molecule has 1 atom stereocenters. The fourth-order valence-corrected chi connectivity index (χ4v) is 1.71. The third-order valence-corrected chi connectivity index (χ3v) is 3.03. The van der Waals surface area contributed by atoms with Gasteiger partial charge in [0.05, 0.1) is 0 Å². The van der Waals surface area contributed by atoms with E-state index in [-0.39, 0.29) is 5.78 Å². The van der Waals surface area contributed by atoms with Crippen molar-refractivity contribution in [2.75, 3.05) is 23.9 Å². The highest BCUT2D eigenvalue weighted by atomic mass is 32.2. The lowest BCUT2D eigenvalue weighted by atomic mass is 10.1. The fraction of sp³-hybridized carbons (Fsp3) is 0.417. The largest absolute Gasteiger partial charge is 0.384 e. The molecule has 0 aliphatic carbocycles. The number of nitrogens with one attached hydrogen (secondary N) is 1. The van der Waals surface area contributed by atoms with Crippen LogP contribution < -0.4 is 5.32 Å². The predicted molar refractivity (Wildman–Crippen MR) is 68.5 cm³/mol.